The first-order valence-corrected chi connectivity index (χ1v) is 15.4. The van der Waals surface area contributed by atoms with Crippen molar-refractivity contribution in [1.29, 1.82) is 0 Å². The fourth-order valence-corrected chi connectivity index (χ4v) is 5.82. The molecular formula is C38H33F3N4O2. The zero-order valence-corrected chi connectivity index (χ0v) is 25.6. The Morgan fingerprint density at radius 3 is 2.21 bits per heavy atom. The van der Waals surface area contributed by atoms with Gasteiger partial charge < -0.3 is 9.80 Å². The molecule has 0 aliphatic carbocycles. The highest BCUT2D eigenvalue weighted by Gasteiger charge is 2.34. The van der Waals surface area contributed by atoms with Crippen LogP contribution in [0.15, 0.2) is 128 Å². The van der Waals surface area contributed by atoms with E-state index < -0.39 is 23.7 Å². The second kappa shape index (κ2) is 13.9. The Balaban J connectivity index is 1.33. The summed E-state index contributed by atoms with van der Waals surface area (Å²) in [5, 5.41) is 4.27. The first-order valence-electron chi connectivity index (χ1n) is 15.4. The van der Waals surface area contributed by atoms with Crippen molar-refractivity contribution in [1.82, 2.24) is 19.6 Å². The predicted octanol–water partition coefficient (Wildman–Crippen LogP) is 7.13. The molecule has 9 heteroatoms. The van der Waals surface area contributed by atoms with E-state index in [-0.39, 0.29) is 12.5 Å². The van der Waals surface area contributed by atoms with Gasteiger partial charge in [0.05, 0.1) is 11.3 Å². The van der Waals surface area contributed by atoms with Crippen molar-refractivity contribution in [2.75, 3.05) is 6.54 Å². The Bertz CT molecular complexity index is 1840. The highest BCUT2D eigenvalue weighted by molar-refractivity contribution is 5.96. The molecule has 0 unspecified atom stereocenters. The number of alkyl halides is 3. The number of hydrogen-bond donors (Lipinski definition) is 0. The minimum absolute atomic E-state index is 0.142. The molecule has 6 rings (SSSR count). The van der Waals surface area contributed by atoms with Crippen LogP contribution in [0.4, 0.5) is 13.2 Å². The second-order valence-corrected chi connectivity index (χ2v) is 11.5. The van der Waals surface area contributed by atoms with Gasteiger partial charge in [0, 0.05) is 44.5 Å². The van der Waals surface area contributed by atoms with Gasteiger partial charge in [-0.1, -0.05) is 78.9 Å². The Morgan fingerprint density at radius 1 is 0.830 bits per heavy atom. The van der Waals surface area contributed by atoms with Gasteiger partial charge in [-0.2, -0.15) is 18.3 Å². The lowest BCUT2D eigenvalue weighted by Crippen LogP contribution is -2.52. The number of aromatic nitrogens is 2. The van der Waals surface area contributed by atoms with E-state index in [0.29, 0.717) is 25.1 Å². The first-order chi connectivity index (χ1) is 22.7. The average Bonchev–Trinajstić information content (AvgIpc) is 3.64. The first kappa shape index (κ1) is 31.5. The van der Waals surface area contributed by atoms with Crippen molar-refractivity contribution in [3.63, 3.8) is 0 Å². The lowest BCUT2D eigenvalue weighted by atomic mass is 9.97. The normalized spacial score (nSPS) is 13.7. The molecule has 0 bridgehead atoms. The van der Waals surface area contributed by atoms with Crippen LogP contribution in [0.5, 0.6) is 0 Å². The molecule has 1 aromatic heterocycles. The zero-order chi connectivity index (χ0) is 32.8. The smallest absolute Gasteiger partial charge is 0.336 e. The van der Waals surface area contributed by atoms with Gasteiger partial charge in [0.1, 0.15) is 6.04 Å². The van der Waals surface area contributed by atoms with Crippen molar-refractivity contribution in [2.24, 2.45) is 0 Å². The second-order valence-electron chi connectivity index (χ2n) is 11.5. The summed E-state index contributed by atoms with van der Waals surface area (Å²) in [6.07, 6.45) is 2.90. The van der Waals surface area contributed by atoms with Gasteiger partial charge in [-0.05, 0) is 70.6 Å². The fourth-order valence-electron chi connectivity index (χ4n) is 5.82. The molecule has 5 aromatic rings. The van der Waals surface area contributed by atoms with Crippen LogP contribution >= 0.6 is 0 Å². The summed E-state index contributed by atoms with van der Waals surface area (Å²) < 4.78 is 41.1. The van der Waals surface area contributed by atoms with Crippen LogP contribution in [0, 0.1) is 0 Å². The Hall–Kier alpha value is -5.44. The molecule has 1 atom stereocenters. The minimum Gasteiger partial charge on any atom is -0.336 e. The van der Waals surface area contributed by atoms with Crippen LogP contribution in [0.3, 0.4) is 0 Å². The van der Waals surface area contributed by atoms with Crippen molar-refractivity contribution >= 4 is 17.9 Å². The summed E-state index contributed by atoms with van der Waals surface area (Å²) in [4.78, 5) is 31.9. The standard InChI is InChI=1S/C38H33F3N4O2/c39-38(40,41)33-16-11-28(12-17-33)15-20-36(46)44(26-30-13-18-34(19-14-30)45-23-6-22-42-45)35(25-29-7-2-1-3-8-29)37(47)43-24-21-31-9-4-5-10-32(31)27-43/h1-20,22-23,35H,21,24-27H2/t35-/m0/s1. The molecule has 6 nitrogen and oxygen atoms in total. The van der Waals surface area contributed by atoms with Crippen molar-refractivity contribution in [2.45, 2.75) is 38.1 Å². The van der Waals surface area contributed by atoms with Gasteiger partial charge in [-0.15, -0.1) is 0 Å². The zero-order valence-electron chi connectivity index (χ0n) is 25.6. The number of amides is 2. The van der Waals surface area contributed by atoms with Crippen molar-refractivity contribution in [3.05, 3.63) is 161 Å². The predicted molar refractivity (Wildman–Crippen MR) is 174 cm³/mol. The third kappa shape index (κ3) is 7.69. The third-order valence-electron chi connectivity index (χ3n) is 8.37. The van der Waals surface area contributed by atoms with E-state index in [9.17, 15) is 22.8 Å². The lowest BCUT2D eigenvalue weighted by Gasteiger charge is -2.37. The van der Waals surface area contributed by atoms with Gasteiger partial charge >= 0.3 is 6.18 Å². The molecule has 1 aliphatic heterocycles. The summed E-state index contributed by atoms with van der Waals surface area (Å²) in [5.74, 6) is -0.583. The highest BCUT2D eigenvalue weighted by atomic mass is 19.4. The monoisotopic (exact) mass is 634 g/mol. The molecule has 0 saturated carbocycles. The number of carbonyl (C=O) groups excluding carboxylic acids is 2. The molecule has 2 heterocycles. The van der Waals surface area contributed by atoms with Gasteiger partial charge in [0.15, 0.2) is 0 Å². The van der Waals surface area contributed by atoms with Gasteiger partial charge in [-0.3, -0.25) is 9.59 Å². The van der Waals surface area contributed by atoms with E-state index in [1.807, 2.05) is 90.0 Å². The maximum absolute atomic E-state index is 14.5. The van der Waals surface area contributed by atoms with Crippen molar-refractivity contribution < 1.29 is 22.8 Å². The quantitative estimate of drug-likeness (QED) is 0.162. The topological polar surface area (TPSA) is 58.4 Å². The van der Waals surface area contributed by atoms with Crippen LogP contribution in [0.1, 0.15) is 33.4 Å². The van der Waals surface area contributed by atoms with E-state index >= 15 is 0 Å². The lowest BCUT2D eigenvalue weighted by molar-refractivity contribution is -0.144. The fraction of sp³-hybridized carbons (Fsp3) is 0.184. The average molecular weight is 635 g/mol. The molecule has 0 radical (unpaired) electrons. The van der Waals surface area contributed by atoms with Gasteiger partial charge in [-0.25, -0.2) is 4.68 Å². The number of fused-ring (bicyclic) bond motifs is 1. The summed E-state index contributed by atoms with van der Waals surface area (Å²) in [5.41, 5.74) is 4.53. The Morgan fingerprint density at radius 2 is 1.53 bits per heavy atom. The number of nitrogens with zero attached hydrogens (tertiary/aromatic N) is 4. The number of carbonyl (C=O) groups is 2. The summed E-state index contributed by atoms with van der Waals surface area (Å²) in [6.45, 7) is 1.12. The maximum Gasteiger partial charge on any atom is 0.416 e. The summed E-state index contributed by atoms with van der Waals surface area (Å²) in [7, 11) is 0. The van der Waals surface area contributed by atoms with Crippen LogP contribution in [0.25, 0.3) is 11.8 Å². The molecule has 47 heavy (non-hydrogen) atoms. The number of halogens is 3. The molecular weight excluding hydrogens is 601 g/mol. The SMILES string of the molecule is O=C([C@H](Cc1ccccc1)N(Cc1ccc(-n2cccn2)cc1)C(=O)C=Cc1ccc(C(F)(F)F)cc1)N1CCc2ccccc2C1. The third-order valence-corrected chi connectivity index (χ3v) is 8.37. The molecule has 4 aromatic carbocycles. The minimum atomic E-state index is -4.46. The number of hydrogen-bond acceptors (Lipinski definition) is 3. The summed E-state index contributed by atoms with van der Waals surface area (Å²) >= 11 is 0. The van der Waals surface area contributed by atoms with Gasteiger partial charge in [0.25, 0.3) is 0 Å². The van der Waals surface area contributed by atoms with E-state index in [0.717, 1.165) is 40.9 Å². The Labute approximate surface area is 271 Å². The number of benzene rings is 4. The molecule has 1 aliphatic rings. The molecule has 0 saturated heterocycles. The molecule has 2 amide bonds. The van der Waals surface area contributed by atoms with Crippen LogP contribution in [0.2, 0.25) is 0 Å². The van der Waals surface area contributed by atoms with Crippen LogP contribution in [-0.4, -0.2) is 44.0 Å². The Kier molecular flexibility index (Phi) is 9.33. The van der Waals surface area contributed by atoms with E-state index in [1.54, 1.807) is 15.8 Å². The largest absolute Gasteiger partial charge is 0.416 e. The summed E-state index contributed by atoms with van der Waals surface area (Å²) in [6, 6.07) is 30.8. The maximum atomic E-state index is 14.5. The molecule has 0 fully saturated rings. The molecule has 238 valence electrons. The highest BCUT2D eigenvalue weighted by Crippen LogP contribution is 2.29. The van der Waals surface area contributed by atoms with E-state index in [4.69, 9.17) is 0 Å². The van der Waals surface area contributed by atoms with E-state index in [1.165, 1.54) is 29.8 Å². The van der Waals surface area contributed by atoms with Gasteiger partial charge in [0.2, 0.25) is 11.8 Å². The molecule has 0 spiro atoms. The van der Waals surface area contributed by atoms with E-state index in [2.05, 4.69) is 11.2 Å². The number of rotatable bonds is 9. The van der Waals surface area contributed by atoms with Crippen molar-refractivity contribution in [3.8, 4) is 5.69 Å². The van der Waals surface area contributed by atoms with Crippen LogP contribution in [-0.2, 0) is 41.7 Å². The molecule has 0 N–H and O–H groups in total. The van der Waals surface area contributed by atoms with Crippen LogP contribution < -0.4 is 0 Å².